The predicted molar refractivity (Wildman–Crippen MR) is 402 cm³/mol. The molecule has 4 fully saturated rings. The molecule has 10 rings (SSSR count). The van der Waals surface area contributed by atoms with Crippen molar-refractivity contribution in [2.45, 2.75) is 121 Å². The summed E-state index contributed by atoms with van der Waals surface area (Å²) in [6, 6.07) is 2.23. The highest BCUT2D eigenvalue weighted by Crippen LogP contribution is 2.70. The Morgan fingerprint density at radius 3 is 1.02 bits per heavy atom. The van der Waals surface area contributed by atoms with Gasteiger partial charge >= 0.3 is 105 Å². The number of nitrogens with two attached hydrogens (primary N) is 3. The second-order valence-electron chi connectivity index (χ2n) is 25.5. The first-order valence-electron chi connectivity index (χ1n) is 31.9. The Morgan fingerprint density at radius 2 is 0.704 bits per heavy atom. The van der Waals surface area contributed by atoms with Crippen LogP contribution in [0.4, 0.5) is 17.6 Å². The van der Waals surface area contributed by atoms with Crippen molar-refractivity contribution in [3.63, 3.8) is 0 Å². The molecule has 0 aliphatic carbocycles. The van der Waals surface area contributed by atoms with E-state index in [1.54, 1.807) is 0 Å². The molecule has 4 aliphatic heterocycles. The number of hydrogen-bond donors (Lipinski definition) is 25. The molecule has 0 amide bonds. The summed E-state index contributed by atoms with van der Waals surface area (Å²) in [5, 5.41) is 41.7. The Morgan fingerprint density at radius 1 is 0.400 bits per heavy atom. The second kappa shape index (κ2) is 39.5. The SMILES string of the molecule is C[C@@]1(Cl)[C@H](O)[C@@H](COP(=O)(O)OP(=O)(O)OP(=O)(O)O)O[C@H]1n1ccc(=O)[nH]c1=O.C[C@@]1(Cl)[C@H](O)[C@@H](COP(=O)(O)OP(=O)(O)OP(=O)(O)O)O[C@H]1n1ccc(N)nc1=O.C[C@@]1(Cl)[C@H](O)[C@@H](COP(=O)(O)OP(=O)(O)OP(=O)(O)O)O[C@H]1n1cnc2c(=O)[nH]c(N)nc21.C[C@@]1(Cl)[C@H](O)[C@@H](COP(=O)(O)OP(=O)(O)OP(=O)(O)O)O[C@H]1n1cnc2c(N)ncnc21. The second-order valence-corrected chi connectivity index (χ2v) is 46.4. The maximum atomic E-state index is 12.0. The summed E-state index contributed by atoms with van der Waals surface area (Å²) < 4.78 is 208. The zero-order chi connectivity index (χ0) is 95.3. The van der Waals surface area contributed by atoms with Crippen LogP contribution >= 0.6 is 140 Å². The lowest BCUT2D eigenvalue weighted by Gasteiger charge is -2.26. The maximum absolute atomic E-state index is 12.0. The minimum Gasteiger partial charge on any atom is -0.388 e. The number of nitrogen functional groups attached to an aromatic ring is 3. The molecular formula is C42H67Cl4N15O52P12. The number of halogens is 4. The van der Waals surface area contributed by atoms with E-state index in [0.717, 1.165) is 27.7 Å². The fourth-order valence-corrected chi connectivity index (χ4v) is 24.0. The minimum atomic E-state index is -5.72. The lowest BCUT2D eigenvalue weighted by atomic mass is 10.0. The zero-order valence-electron chi connectivity index (χ0n) is 61.4. The zero-order valence-corrected chi connectivity index (χ0v) is 75.1. The Bertz CT molecular complexity index is 5840. The van der Waals surface area contributed by atoms with Crippen molar-refractivity contribution in [2.24, 2.45) is 0 Å². The number of phosphoric ester groups is 4. The Hall–Kier alpha value is -3.66. The summed E-state index contributed by atoms with van der Waals surface area (Å²) in [5.41, 5.74) is 13.8. The number of aliphatic hydroxyl groups excluding tert-OH is 4. The van der Waals surface area contributed by atoms with E-state index in [1.807, 2.05) is 4.98 Å². The van der Waals surface area contributed by atoms with E-state index in [2.05, 4.69) is 87.5 Å². The number of nitrogens with zero attached hydrogens (tertiary/aromatic N) is 10. The van der Waals surface area contributed by atoms with Crippen LogP contribution in [0.3, 0.4) is 0 Å². The van der Waals surface area contributed by atoms with Crippen molar-refractivity contribution in [3.05, 3.63) is 85.2 Å². The number of H-pyrrole nitrogens is 2. The highest BCUT2D eigenvalue weighted by atomic mass is 35.5. The molecule has 24 atom stereocenters. The van der Waals surface area contributed by atoms with Gasteiger partial charge in [0.15, 0.2) is 47.5 Å². The standard InChI is InChI=1S/C11H17ClN5O13P3.C11H17ClN5O12P3.C10H17ClN3O13P3.C10H16ClN2O14P3/c1-11(12)6(18)4(2-27-32(23,24)30-33(25,26)29-31(20,21)22)28-9(11)17-3-14-5-7(17)15-10(13)16-8(5)19;1-11(12)7(18)5(2-26-31(22,23)29-32(24,25)28-30(19,20)21)27-10(11)17-4-16-6-8(13)14-3-15-9(6)17;1-10(11)7(15)5(25-8(10)14-3-2-6(12)13-9(14)16)4-24-29(20,21)27-30(22,23)26-28(17,18)19;1-10(11)7(15)5(25-8(10)13-3-2-6(14)12-9(13)16)4-24-29(20,21)27-30(22,23)26-28(17,18)19/h3-4,6,9,18H,2H2,1H3,(H,23,24)(H,25,26)(H2,20,21,22)(H3,13,15,16,19);3-5,7,10,18H,2H2,1H3,(H,22,23)(H,24,25)(H2,13,14,15)(H2,19,20,21);2-3,5,7-8,15H,4H2,1H3,(H,20,21)(H,22,23)(H2,12,13,16)(H2,17,18,19);2-3,5,7-8,15H,4H2,1H3,(H,20,21)(H,22,23)(H,12,14,16)(H2,17,18,19)/t4-,6-,9-,11-;5-,7-,10-,11-;2*5-,7-,8-,10-/m1111/s1. The fourth-order valence-electron chi connectivity index (χ4n) is 10.7. The lowest BCUT2D eigenvalue weighted by molar-refractivity contribution is -0.0461. The van der Waals surface area contributed by atoms with E-state index < -0.39 is 236 Å². The first-order valence-corrected chi connectivity index (χ1v) is 51.5. The van der Waals surface area contributed by atoms with Gasteiger partial charge in [-0.05, 0) is 33.8 Å². The average Bonchev–Trinajstić information content (AvgIpc) is 1.65. The molecule has 67 nitrogen and oxygen atoms in total. The maximum Gasteiger partial charge on any atom is 0.490 e. The number of fused-ring (bicyclic) bond motifs is 2. The number of phosphoric acid groups is 12. The molecule has 0 radical (unpaired) electrons. The highest BCUT2D eigenvalue weighted by Gasteiger charge is 2.59. The molecule has 6 aromatic rings. The van der Waals surface area contributed by atoms with E-state index in [0.29, 0.717) is 0 Å². The number of alkyl halides is 4. The molecule has 6 aromatic heterocycles. The van der Waals surface area contributed by atoms with Gasteiger partial charge in [-0.3, -0.25) is 55.9 Å². The van der Waals surface area contributed by atoms with Crippen molar-refractivity contribution in [1.82, 2.24) is 58.1 Å². The first-order chi connectivity index (χ1) is 56.3. The fraction of sp³-hybridized carbons (Fsp3) is 0.571. The summed E-state index contributed by atoms with van der Waals surface area (Å²) in [5.74, 6) is -0.253. The predicted octanol–water partition coefficient (Wildman–Crippen LogP) is -2.13. The largest absolute Gasteiger partial charge is 0.490 e. The molecule has 83 heteroatoms. The Balaban J connectivity index is 0.000000229. The van der Waals surface area contributed by atoms with Crippen LogP contribution < -0.4 is 39.7 Å². The van der Waals surface area contributed by atoms with Crippen molar-refractivity contribution in [2.75, 3.05) is 43.6 Å². The summed E-state index contributed by atoms with van der Waals surface area (Å²) in [6.07, 6.45) is -11.4. The van der Waals surface area contributed by atoms with Gasteiger partial charge in [-0.25, -0.2) is 84.3 Å². The van der Waals surface area contributed by atoms with Gasteiger partial charge < -0.3 is 135 Å². The van der Waals surface area contributed by atoms with Crippen LogP contribution in [0.1, 0.15) is 52.6 Å². The van der Waals surface area contributed by atoms with Gasteiger partial charge in [0.05, 0.1) is 39.1 Å². The van der Waals surface area contributed by atoms with Gasteiger partial charge in [0.25, 0.3) is 11.1 Å². The molecule has 710 valence electrons. The van der Waals surface area contributed by atoms with E-state index in [-0.39, 0.29) is 39.9 Å². The third kappa shape index (κ3) is 29.7. The Labute approximate surface area is 709 Å². The van der Waals surface area contributed by atoms with Gasteiger partial charge in [0, 0.05) is 18.5 Å². The topological polar surface area (TPSA) is 1030 Å². The number of aromatic nitrogens is 12. The highest BCUT2D eigenvalue weighted by molar-refractivity contribution is 7.68. The first kappa shape index (κ1) is 108. The number of rotatable bonds is 32. The molecule has 10 heterocycles. The number of ether oxygens (including phenoxy) is 4. The molecule has 4 aliphatic rings. The van der Waals surface area contributed by atoms with Crippen LogP contribution in [0.15, 0.2) is 62.7 Å². The van der Waals surface area contributed by atoms with Crippen molar-refractivity contribution >= 4 is 180 Å². The van der Waals surface area contributed by atoms with Gasteiger partial charge in [-0.1, -0.05) is 0 Å². The smallest absolute Gasteiger partial charge is 0.388 e. The lowest BCUT2D eigenvalue weighted by Crippen LogP contribution is -2.42. The average molecular weight is 2130 g/mol. The van der Waals surface area contributed by atoms with E-state index in [1.165, 1.54) is 61.7 Å². The van der Waals surface area contributed by atoms with Crippen LogP contribution in [0, 0.1) is 0 Å². The number of aliphatic hydroxyl groups is 4. The third-order valence-electron chi connectivity index (χ3n) is 15.7. The summed E-state index contributed by atoms with van der Waals surface area (Å²) >= 11 is 25.3. The van der Waals surface area contributed by atoms with Crippen molar-refractivity contribution in [3.8, 4) is 0 Å². The summed E-state index contributed by atoms with van der Waals surface area (Å²) in [7, 11) is -66.8. The number of aromatic amines is 2. The molecule has 0 spiro atoms. The van der Waals surface area contributed by atoms with E-state index in [9.17, 15) is 124 Å². The third-order valence-corrected chi connectivity index (χ3v) is 32.5. The van der Waals surface area contributed by atoms with Crippen molar-refractivity contribution < 1.29 is 225 Å². The van der Waals surface area contributed by atoms with Gasteiger partial charge in [0.1, 0.15) is 86.0 Å². The molecule has 0 saturated carbocycles. The minimum absolute atomic E-state index is 0.0474. The molecule has 0 aromatic carbocycles. The molecule has 0 bridgehead atoms. The number of anilines is 3. The number of nitrogens with one attached hydrogen (secondary N) is 2. The molecule has 4 saturated heterocycles. The van der Waals surface area contributed by atoms with Crippen molar-refractivity contribution in [1.29, 1.82) is 0 Å². The van der Waals surface area contributed by atoms with Crippen LogP contribution in [-0.2, 0) is 126 Å². The van der Waals surface area contributed by atoms with Gasteiger partial charge in [0.2, 0.25) is 5.95 Å². The van der Waals surface area contributed by atoms with Gasteiger partial charge in [-0.2, -0.15) is 44.5 Å². The normalized spacial score (nSPS) is 30.6. The number of imidazole rings is 2. The quantitative estimate of drug-likeness (QED) is 0.0158. The molecule has 28 N–H and O–H groups in total. The van der Waals surface area contributed by atoms with Crippen LogP contribution in [0.2, 0.25) is 0 Å². The van der Waals surface area contributed by atoms with Gasteiger partial charge in [-0.15, -0.1) is 46.4 Å². The summed E-state index contributed by atoms with van der Waals surface area (Å²) in [4.78, 5) is 211. The van der Waals surface area contributed by atoms with Crippen LogP contribution in [0.25, 0.3) is 22.3 Å². The van der Waals surface area contributed by atoms with E-state index in [4.69, 9.17) is 131 Å². The monoisotopic (exact) mass is 2120 g/mol. The van der Waals surface area contributed by atoms with E-state index >= 15 is 0 Å². The molecule has 125 heavy (non-hydrogen) atoms. The molecular weight excluding hydrogens is 2060 g/mol. The Kier molecular flexibility index (Phi) is 34.2. The summed E-state index contributed by atoms with van der Waals surface area (Å²) in [6.45, 7) is 1.48. The van der Waals surface area contributed by atoms with Crippen LogP contribution in [0.5, 0.6) is 0 Å². The number of hydrogen-bond acceptors (Lipinski definition) is 45. The van der Waals surface area contributed by atoms with Crippen LogP contribution in [-0.4, -0.2) is 252 Å². The molecule has 8 unspecified atom stereocenters.